The molecule has 0 aliphatic carbocycles. The quantitative estimate of drug-likeness (QED) is 0.774. The van der Waals surface area contributed by atoms with Crippen molar-refractivity contribution in [2.24, 2.45) is 5.92 Å². The van der Waals surface area contributed by atoms with E-state index in [2.05, 4.69) is 38.2 Å². The molecule has 0 saturated carbocycles. The van der Waals surface area contributed by atoms with Crippen LogP contribution in [0.25, 0.3) is 0 Å². The Labute approximate surface area is 98.7 Å². The maximum atomic E-state index is 9.40. The molecule has 90 valence electrons. The maximum absolute atomic E-state index is 9.40. The summed E-state index contributed by atoms with van der Waals surface area (Å²) in [6.07, 6.45) is 1.13. The zero-order valence-corrected chi connectivity index (χ0v) is 10.5. The Hall–Kier alpha value is -0.860. The van der Waals surface area contributed by atoms with Gasteiger partial charge in [0.1, 0.15) is 0 Å². The largest absolute Gasteiger partial charge is 0.394 e. The van der Waals surface area contributed by atoms with Gasteiger partial charge in [-0.1, -0.05) is 44.2 Å². The fourth-order valence-electron chi connectivity index (χ4n) is 2.06. The molecule has 0 spiro atoms. The van der Waals surface area contributed by atoms with Crippen LogP contribution in [-0.4, -0.2) is 17.8 Å². The number of rotatable bonds is 6. The number of nitrogens with one attached hydrogen (secondary N) is 1. The maximum Gasteiger partial charge on any atom is 0.0626 e. The molecule has 0 radical (unpaired) electrons. The van der Waals surface area contributed by atoms with E-state index in [1.807, 2.05) is 18.2 Å². The second-order valence-electron chi connectivity index (χ2n) is 4.84. The molecule has 1 unspecified atom stereocenters. The highest BCUT2D eigenvalue weighted by Crippen LogP contribution is 2.14. The van der Waals surface area contributed by atoms with Crippen LogP contribution in [-0.2, 0) is 0 Å². The lowest BCUT2D eigenvalue weighted by atomic mass is 10.0. The Balaban J connectivity index is 2.56. The summed E-state index contributed by atoms with van der Waals surface area (Å²) in [5.74, 6) is 0.678. The first-order valence-corrected chi connectivity index (χ1v) is 6.05. The average molecular weight is 221 g/mol. The molecule has 0 aliphatic heterocycles. The minimum absolute atomic E-state index is 0.0509. The fourth-order valence-corrected chi connectivity index (χ4v) is 2.06. The highest BCUT2D eigenvalue weighted by Gasteiger charge is 2.13. The van der Waals surface area contributed by atoms with Gasteiger partial charge in [-0.25, -0.2) is 0 Å². The Bertz CT molecular complexity index is 284. The van der Waals surface area contributed by atoms with E-state index in [4.69, 9.17) is 0 Å². The Kier molecular flexibility index (Phi) is 5.50. The normalized spacial score (nSPS) is 15.1. The van der Waals surface area contributed by atoms with Gasteiger partial charge in [-0.15, -0.1) is 0 Å². The smallest absolute Gasteiger partial charge is 0.0626 e. The van der Waals surface area contributed by atoms with Gasteiger partial charge in [-0.3, -0.25) is 0 Å². The first kappa shape index (κ1) is 13.2. The van der Waals surface area contributed by atoms with Crippen molar-refractivity contribution < 1.29 is 5.11 Å². The molecule has 0 aliphatic rings. The predicted molar refractivity (Wildman–Crippen MR) is 68.3 cm³/mol. The van der Waals surface area contributed by atoms with Gasteiger partial charge in [-0.2, -0.15) is 0 Å². The van der Waals surface area contributed by atoms with Crippen molar-refractivity contribution in [3.8, 4) is 0 Å². The van der Waals surface area contributed by atoms with E-state index >= 15 is 0 Å². The van der Waals surface area contributed by atoms with Crippen LogP contribution < -0.4 is 5.32 Å². The van der Waals surface area contributed by atoms with Gasteiger partial charge < -0.3 is 10.4 Å². The number of aliphatic hydroxyl groups is 1. The van der Waals surface area contributed by atoms with Crippen LogP contribution in [0.1, 0.15) is 38.8 Å². The van der Waals surface area contributed by atoms with Crippen molar-refractivity contribution in [1.82, 2.24) is 5.32 Å². The minimum Gasteiger partial charge on any atom is -0.394 e. The molecule has 0 aromatic heterocycles. The van der Waals surface area contributed by atoms with Crippen molar-refractivity contribution in [3.63, 3.8) is 0 Å². The third-order valence-corrected chi connectivity index (χ3v) is 2.70. The molecule has 16 heavy (non-hydrogen) atoms. The van der Waals surface area contributed by atoms with Crippen molar-refractivity contribution >= 4 is 0 Å². The molecule has 0 saturated heterocycles. The van der Waals surface area contributed by atoms with Crippen LogP contribution in [0.5, 0.6) is 0 Å². The standard InChI is InChI=1S/C14H23NO/c1-11(2)9-12(3)15-14(10-16)13-7-5-4-6-8-13/h4-8,11-12,14-16H,9-10H2,1-3H3/t12?,14-/m0/s1. The average Bonchev–Trinajstić information content (AvgIpc) is 2.26. The van der Waals surface area contributed by atoms with Crippen molar-refractivity contribution in [1.29, 1.82) is 0 Å². The van der Waals surface area contributed by atoms with E-state index in [1.165, 1.54) is 0 Å². The number of aliphatic hydroxyl groups excluding tert-OH is 1. The molecule has 0 heterocycles. The molecule has 0 bridgehead atoms. The topological polar surface area (TPSA) is 32.3 Å². The summed E-state index contributed by atoms with van der Waals surface area (Å²) in [6.45, 7) is 6.75. The highest BCUT2D eigenvalue weighted by molar-refractivity contribution is 5.19. The molecule has 1 aromatic rings. The van der Waals surface area contributed by atoms with Gasteiger partial charge in [0.15, 0.2) is 0 Å². The Morgan fingerprint density at radius 3 is 2.25 bits per heavy atom. The summed E-state index contributed by atoms with van der Waals surface area (Å²) in [5.41, 5.74) is 1.15. The van der Waals surface area contributed by atoms with Crippen molar-refractivity contribution in [2.45, 2.75) is 39.3 Å². The Morgan fingerprint density at radius 1 is 1.12 bits per heavy atom. The summed E-state index contributed by atoms with van der Waals surface area (Å²) in [6, 6.07) is 10.6. The molecule has 0 amide bonds. The Morgan fingerprint density at radius 2 is 1.75 bits per heavy atom. The van der Waals surface area contributed by atoms with Crippen molar-refractivity contribution in [3.05, 3.63) is 35.9 Å². The first-order chi connectivity index (χ1) is 7.63. The molecule has 2 atom stereocenters. The van der Waals surface area contributed by atoms with E-state index in [0.717, 1.165) is 12.0 Å². The molecule has 0 fully saturated rings. The summed E-state index contributed by atoms with van der Waals surface area (Å²) in [4.78, 5) is 0. The lowest BCUT2D eigenvalue weighted by Crippen LogP contribution is -2.33. The molecule has 1 rings (SSSR count). The molecule has 2 nitrogen and oxygen atoms in total. The third kappa shape index (κ3) is 4.33. The van der Waals surface area contributed by atoms with Gasteiger partial charge in [0, 0.05) is 6.04 Å². The summed E-state index contributed by atoms with van der Waals surface area (Å²) in [7, 11) is 0. The number of hydrogen-bond acceptors (Lipinski definition) is 2. The third-order valence-electron chi connectivity index (χ3n) is 2.70. The molecular formula is C14H23NO. The number of benzene rings is 1. The molecule has 1 aromatic carbocycles. The summed E-state index contributed by atoms with van der Waals surface area (Å²) in [5, 5.41) is 12.9. The van der Waals surface area contributed by atoms with Gasteiger partial charge >= 0.3 is 0 Å². The molecular weight excluding hydrogens is 198 g/mol. The zero-order valence-electron chi connectivity index (χ0n) is 10.5. The summed E-state index contributed by atoms with van der Waals surface area (Å²) < 4.78 is 0. The van der Waals surface area contributed by atoms with E-state index in [0.29, 0.717) is 12.0 Å². The lowest BCUT2D eigenvalue weighted by molar-refractivity contribution is 0.229. The van der Waals surface area contributed by atoms with E-state index in [9.17, 15) is 5.11 Å². The predicted octanol–water partition coefficient (Wildman–Crippen LogP) is 2.74. The molecule has 2 heteroatoms. The SMILES string of the molecule is CC(C)CC(C)N[C@@H](CO)c1ccccc1. The second-order valence-corrected chi connectivity index (χ2v) is 4.84. The number of hydrogen-bond donors (Lipinski definition) is 2. The second kappa shape index (κ2) is 6.66. The van der Waals surface area contributed by atoms with Gasteiger partial charge in [-0.05, 0) is 24.8 Å². The van der Waals surface area contributed by atoms with E-state index in [1.54, 1.807) is 0 Å². The van der Waals surface area contributed by atoms with Crippen LogP contribution >= 0.6 is 0 Å². The zero-order chi connectivity index (χ0) is 12.0. The van der Waals surface area contributed by atoms with Crippen LogP contribution in [0, 0.1) is 5.92 Å². The fraction of sp³-hybridized carbons (Fsp3) is 0.571. The van der Waals surface area contributed by atoms with E-state index in [-0.39, 0.29) is 12.6 Å². The molecule has 2 N–H and O–H groups in total. The minimum atomic E-state index is 0.0509. The highest BCUT2D eigenvalue weighted by atomic mass is 16.3. The van der Waals surface area contributed by atoms with Gasteiger partial charge in [0.2, 0.25) is 0 Å². The van der Waals surface area contributed by atoms with Gasteiger partial charge in [0.25, 0.3) is 0 Å². The van der Waals surface area contributed by atoms with Crippen molar-refractivity contribution in [2.75, 3.05) is 6.61 Å². The van der Waals surface area contributed by atoms with Gasteiger partial charge in [0.05, 0.1) is 12.6 Å². The van der Waals surface area contributed by atoms with Crippen LogP contribution in [0.3, 0.4) is 0 Å². The van der Waals surface area contributed by atoms with Crippen LogP contribution in [0.2, 0.25) is 0 Å². The van der Waals surface area contributed by atoms with Crippen LogP contribution in [0.15, 0.2) is 30.3 Å². The first-order valence-electron chi connectivity index (χ1n) is 6.05. The van der Waals surface area contributed by atoms with Crippen LogP contribution in [0.4, 0.5) is 0 Å². The lowest BCUT2D eigenvalue weighted by Gasteiger charge is -2.23. The van der Waals surface area contributed by atoms with E-state index < -0.39 is 0 Å². The monoisotopic (exact) mass is 221 g/mol. The summed E-state index contributed by atoms with van der Waals surface area (Å²) >= 11 is 0.